The Hall–Kier alpha value is -2.33. The van der Waals surface area contributed by atoms with Crippen molar-refractivity contribution in [2.45, 2.75) is 131 Å². The van der Waals surface area contributed by atoms with Crippen molar-refractivity contribution in [1.82, 2.24) is 0 Å². The molecule has 0 aromatic heterocycles. The van der Waals surface area contributed by atoms with E-state index in [1.165, 1.54) is 26.2 Å². The molecule has 0 aliphatic carbocycles. The molecule has 1 aliphatic rings. The minimum atomic E-state index is -4.26. The number of hydrogen-bond acceptors (Lipinski definition) is 7. The van der Waals surface area contributed by atoms with E-state index in [0.29, 0.717) is 25.0 Å². The highest BCUT2D eigenvalue weighted by Crippen LogP contribution is 2.35. The molecular weight excluding hydrogens is 613 g/mol. The largest absolute Gasteiger partial charge is 0.468 e. The Labute approximate surface area is 272 Å². The summed E-state index contributed by atoms with van der Waals surface area (Å²) in [5, 5.41) is 0. The van der Waals surface area contributed by atoms with Gasteiger partial charge in [-0.3, -0.25) is 14.4 Å². The first-order chi connectivity index (χ1) is 20.4. The van der Waals surface area contributed by atoms with Crippen LogP contribution in [0.2, 0.25) is 0 Å². The molecule has 2 rings (SSSR count). The van der Waals surface area contributed by atoms with Crippen LogP contribution < -0.4 is 0 Å². The standard InChI is InChI=1S/C15H26O5.C13H17F3.C6H11ClO2/c1-7-15(5,6)14(17)20-13-12(19-11(4)16)10(3)9(2)8-18-13;1-5-12(3,4)10-6-9(2)7-11(8-10)13(14,15)16;1-4-6(2,7)5(8)9-3/h9-10,12-13H,7-8H2,1-6H3;6-8H,5H2,1-4H3;4H2,1-3H3. The van der Waals surface area contributed by atoms with Gasteiger partial charge in [0, 0.05) is 12.8 Å². The molecular formula is C34H54ClF3O7. The topological polar surface area (TPSA) is 88.1 Å². The molecule has 0 N–H and O–H groups in total. The third kappa shape index (κ3) is 13.5. The number of alkyl halides is 4. The van der Waals surface area contributed by atoms with Crippen LogP contribution in [0.1, 0.15) is 112 Å². The Morgan fingerprint density at radius 2 is 1.42 bits per heavy atom. The van der Waals surface area contributed by atoms with Crippen molar-refractivity contribution >= 4 is 29.5 Å². The predicted octanol–water partition coefficient (Wildman–Crippen LogP) is 8.79. The highest BCUT2D eigenvalue weighted by molar-refractivity contribution is 6.33. The van der Waals surface area contributed by atoms with E-state index in [1.807, 2.05) is 68.4 Å². The first-order valence-corrected chi connectivity index (χ1v) is 15.7. The first kappa shape index (κ1) is 42.7. The van der Waals surface area contributed by atoms with Crippen LogP contribution in [0.4, 0.5) is 13.2 Å². The van der Waals surface area contributed by atoms with Crippen molar-refractivity contribution in [3.8, 4) is 0 Å². The first-order valence-electron chi connectivity index (χ1n) is 15.4. The molecule has 5 unspecified atom stereocenters. The molecule has 1 aromatic rings. The zero-order chi connectivity index (χ0) is 35.6. The minimum absolute atomic E-state index is 0.0789. The van der Waals surface area contributed by atoms with Gasteiger partial charge in [0.1, 0.15) is 4.87 Å². The quantitative estimate of drug-likeness (QED) is 0.156. The van der Waals surface area contributed by atoms with E-state index in [9.17, 15) is 27.6 Å². The van der Waals surface area contributed by atoms with E-state index in [0.717, 1.165) is 12.0 Å². The van der Waals surface area contributed by atoms with Crippen LogP contribution >= 0.6 is 11.6 Å². The number of methoxy groups -OCH3 is 1. The third-order valence-corrected chi connectivity index (χ3v) is 8.94. The van der Waals surface area contributed by atoms with Crippen LogP contribution in [0.15, 0.2) is 18.2 Å². The second kappa shape index (κ2) is 17.5. The van der Waals surface area contributed by atoms with Gasteiger partial charge in [-0.25, -0.2) is 0 Å². The van der Waals surface area contributed by atoms with Crippen molar-refractivity contribution in [2.24, 2.45) is 17.3 Å². The Kier molecular flexibility index (Phi) is 16.6. The zero-order valence-electron chi connectivity index (χ0n) is 29.2. The Morgan fingerprint density at radius 3 is 1.82 bits per heavy atom. The molecule has 1 heterocycles. The number of benzene rings is 1. The van der Waals surface area contributed by atoms with Crippen LogP contribution in [0, 0.1) is 24.2 Å². The van der Waals surface area contributed by atoms with Gasteiger partial charge in [0.05, 0.1) is 24.7 Å². The number of halogens is 4. The molecule has 0 bridgehead atoms. The summed E-state index contributed by atoms with van der Waals surface area (Å²) < 4.78 is 58.7. The van der Waals surface area contributed by atoms with Crippen LogP contribution in [0.3, 0.4) is 0 Å². The maximum absolute atomic E-state index is 12.6. The highest BCUT2D eigenvalue weighted by Gasteiger charge is 2.42. The van der Waals surface area contributed by atoms with Gasteiger partial charge in [0.25, 0.3) is 0 Å². The van der Waals surface area contributed by atoms with Crippen molar-refractivity contribution in [1.29, 1.82) is 0 Å². The summed E-state index contributed by atoms with van der Waals surface area (Å²) in [6.07, 6.45) is -3.56. The molecule has 1 aromatic carbocycles. The van der Waals surface area contributed by atoms with E-state index in [1.54, 1.807) is 13.8 Å². The summed E-state index contributed by atoms with van der Waals surface area (Å²) >= 11 is 5.70. The molecule has 1 saturated heterocycles. The highest BCUT2D eigenvalue weighted by atomic mass is 35.5. The van der Waals surface area contributed by atoms with Gasteiger partial charge in [0.15, 0.2) is 6.10 Å². The Bertz CT molecular complexity index is 1120. The number of carbonyl (C=O) groups excluding carboxylic acids is 3. The second-order valence-electron chi connectivity index (χ2n) is 13.1. The number of rotatable bonds is 8. The van der Waals surface area contributed by atoms with E-state index in [-0.39, 0.29) is 29.2 Å². The molecule has 0 amide bonds. The average molecular weight is 667 g/mol. The lowest BCUT2D eigenvalue weighted by atomic mass is 9.81. The van der Waals surface area contributed by atoms with Crippen LogP contribution in [0.25, 0.3) is 0 Å². The molecule has 1 fully saturated rings. The van der Waals surface area contributed by atoms with E-state index >= 15 is 0 Å². The summed E-state index contributed by atoms with van der Waals surface area (Å²) in [6, 6.07) is 4.28. The number of carbonyl (C=O) groups is 3. The van der Waals surface area contributed by atoms with E-state index < -0.39 is 40.4 Å². The van der Waals surface area contributed by atoms with Gasteiger partial charge in [-0.15, -0.1) is 11.6 Å². The minimum Gasteiger partial charge on any atom is -0.468 e. The summed E-state index contributed by atoms with van der Waals surface area (Å²) in [6.45, 7) is 22.5. The fourth-order valence-electron chi connectivity index (χ4n) is 3.83. The normalized spacial score (nSPS) is 21.5. The molecule has 45 heavy (non-hydrogen) atoms. The van der Waals surface area contributed by atoms with Gasteiger partial charge in [0.2, 0.25) is 6.29 Å². The Morgan fingerprint density at radius 1 is 0.889 bits per heavy atom. The molecule has 1 aliphatic heterocycles. The smallest absolute Gasteiger partial charge is 0.416 e. The lowest BCUT2D eigenvalue weighted by molar-refractivity contribution is -0.249. The zero-order valence-corrected chi connectivity index (χ0v) is 30.0. The maximum Gasteiger partial charge on any atom is 0.416 e. The van der Waals surface area contributed by atoms with E-state index in [2.05, 4.69) is 4.74 Å². The van der Waals surface area contributed by atoms with Gasteiger partial charge >= 0.3 is 24.1 Å². The van der Waals surface area contributed by atoms with Gasteiger partial charge in [-0.05, 0) is 76.0 Å². The number of hydrogen-bond donors (Lipinski definition) is 0. The molecule has 5 atom stereocenters. The summed E-state index contributed by atoms with van der Waals surface area (Å²) in [4.78, 5) is 33.2. The summed E-state index contributed by atoms with van der Waals surface area (Å²) in [5.41, 5.74) is 0.0698. The van der Waals surface area contributed by atoms with Crippen LogP contribution in [0.5, 0.6) is 0 Å². The SMILES string of the molecule is CCC(C)(C)C(=O)OC1OCC(C)C(C)C1OC(C)=O.CCC(C)(C)c1cc(C)cc(C(F)(F)F)c1.CCC(C)(Cl)C(=O)OC. The van der Waals surface area contributed by atoms with Gasteiger partial charge in [-0.2, -0.15) is 13.2 Å². The van der Waals surface area contributed by atoms with Crippen molar-refractivity contribution in [3.05, 3.63) is 34.9 Å². The molecule has 0 radical (unpaired) electrons. The third-order valence-electron chi connectivity index (χ3n) is 8.51. The number of aryl methyl sites for hydroxylation is 1. The average Bonchev–Trinajstić information content (AvgIpc) is 2.95. The van der Waals surface area contributed by atoms with Crippen LogP contribution in [-0.2, 0) is 44.9 Å². The molecule has 7 nitrogen and oxygen atoms in total. The maximum atomic E-state index is 12.6. The van der Waals surface area contributed by atoms with Crippen molar-refractivity contribution in [2.75, 3.05) is 13.7 Å². The summed E-state index contributed by atoms with van der Waals surface area (Å²) in [5.74, 6) is -0.769. The van der Waals surface area contributed by atoms with Crippen molar-refractivity contribution in [3.63, 3.8) is 0 Å². The van der Waals surface area contributed by atoms with Crippen LogP contribution in [-0.4, -0.2) is 48.9 Å². The molecule has 0 saturated carbocycles. The Balaban J connectivity index is 0.000000693. The van der Waals surface area contributed by atoms with E-state index in [4.69, 9.17) is 25.8 Å². The predicted molar refractivity (Wildman–Crippen MR) is 170 cm³/mol. The molecule has 11 heteroatoms. The van der Waals surface area contributed by atoms with Gasteiger partial charge < -0.3 is 18.9 Å². The molecule has 260 valence electrons. The van der Waals surface area contributed by atoms with Gasteiger partial charge in [-0.1, -0.05) is 60.1 Å². The monoisotopic (exact) mass is 666 g/mol. The lowest BCUT2D eigenvalue weighted by Gasteiger charge is -2.39. The number of esters is 3. The number of ether oxygens (including phenoxy) is 4. The fourth-order valence-corrected chi connectivity index (χ4v) is 3.91. The fraction of sp³-hybridized carbons (Fsp3) is 0.735. The summed E-state index contributed by atoms with van der Waals surface area (Å²) in [7, 11) is 1.33. The lowest BCUT2D eigenvalue weighted by Crippen LogP contribution is -2.49. The van der Waals surface area contributed by atoms with Crippen molar-refractivity contribution < 1.29 is 46.5 Å². The second-order valence-corrected chi connectivity index (χ2v) is 14.0. The molecule has 0 spiro atoms.